The molecule has 0 unspecified atom stereocenters. The fourth-order valence-electron chi connectivity index (χ4n) is 5.20. The molecule has 0 spiro atoms. The first-order valence-corrected chi connectivity index (χ1v) is 10.7. The standard InChI is InChI=1S/C20H30N4O4/c25-11-20-10-24(9-15(20)7-8-27-12-20)18(26)14-3-5-16(6-4-14)21-19-22-17(28-23-19)13-1-2-13/h13-16,25H,1-12H2,(H,21,23)/t14?,15-,16?,20+/m0/s1. The molecule has 1 aromatic rings. The summed E-state index contributed by atoms with van der Waals surface area (Å²) in [4.78, 5) is 19.5. The van der Waals surface area contributed by atoms with Gasteiger partial charge in [-0.05, 0) is 56.0 Å². The van der Waals surface area contributed by atoms with Crippen LogP contribution in [-0.4, -0.2) is 65.0 Å². The number of nitrogens with zero attached hydrogens (tertiary/aromatic N) is 3. The number of carbonyl (C=O) groups excluding carboxylic acids is 1. The summed E-state index contributed by atoms with van der Waals surface area (Å²) >= 11 is 0. The van der Waals surface area contributed by atoms with Crippen LogP contribution >= 0.6 is 0 Å². The largest absolute Gasteiger partial charge is 0.396 e. The minimum Gasteiger partial charge on any atom is -0.396 e. The van der Waals surface area contributed by atoms with Gasteiger partial charge in [0, 0.05) is 43.0 Å². The summed E-state index contributed by atoms with van der Waals surface area (Å²) in [6.45, 7) is 2.82. The number of fused-ring (bicyclic) bond motifs is 1. The molecular weight excluding hydrogens is 360 g/mol. The van der Waals surface area contributed by atoms with Gasteiger partial charge in [0.1, 0.15) is 0 Å². The van der Waals surface area contributed by atoms with Gasteiger partial charge in [0.05, 0.1) is 13.2 Å². The Bertz CT molecular complexity index is 713. The molecule has 0 radical (unpaired) electrons. The van der Waals surface area contributed by atoms with Crippen molar-refractivity contribution in [3.05, 3.63) is 5.89 Å². The average Bonchev–Trinajstić information content (AvgIpc) is 3.34. The number of ether oxygens (including phenoxy) is 1. The van der Waals surface area contributed by atoms with Crippen LogP contribution in [0, 0.1) is 17.3 Å². The highest BCUT2D eigenvalue weighted by molar-refractivity contribution is 5.79. The first-order valence-electron chi connectivity index (χ1n) is 10.7. The van der Waals surface area contributed by atoms with Crippen LogP contribution in [0.2, 0.25) is 0 Å². The van der Waals surface area contributed by atoms with Gasteiger partial charge in [0.15, 0.2) is 0 Å². The summed E-state index contributed by atoms with van der Waals surface area (Å²) in [7, 11) is 0. The maximum absolute atomic E-state index is 13.1. The van der Waals surface area contributed by atoms with Crippen molar-refractivity contribution in [2.24, 2.45) is 17.3 Å². The average molecular weight is 390 g/mol. The quantitative estimate of drug-likeness (QED) is 0.790. The number of hydrogen-bond donors (Lipinski definition) is 2. The molecule has 2 aliphatic heterocycles. The van der Waals surface area contributed by atoms with Gasteiger partial charge < -0.3 is 24.6 Å². The molecular formula is C20H30N4O4. The molecule has 2 N–H and O–H groups in total. The molecule has 4 aliphatic rings. The number of likely N-dealkylation sites (tertiary alicyclic amines) is 1. The van der Waals surface area contributed by atoms with Crippen molar-refractivity contribution in [1.82, 2.24) is 15.0 Å². The van der Waals surface area contributed by atoms with E-state index in [0.717, 1.165) is 64.0 Å². The van der Waals surface area contributed by atoms with Crippen molar-refractivity contribution in [2.45, 2.75) is 56.9 Å². The third-order valence-electron chi connectivity index (χ3n) is 7.22. The lowest BCUT2D eigenvalue weighted by atomic mass is 9.76. The van der Waals surface area contributed by atoms with Crippen molar-refractivity contribution >= 4 is 11.9 Å². The first-order chi connectivity index (χ1) is 13.7. The summed E-state index contributed by atoms with van der Waals surface area (Å²) in [5.74, 6) is 2.52. The van der Waals surface area contributed by atoms with E-state index in [1.807, 2.05) is 4.90 Å². The topological polar surface area (TPSA) is 101 Å². The Kier molecular flexibility index (Phi) is 4.79. The number of aliphatic hydroxyl groups excluding tert-OH is 1. The fourth-order valence-corrected chi connectivity index (χ4v) is 5.20. The van der Waals surface area contributed by atoms with Crippen LogP contribution in [0.1, 0.15) is 56.8 Å². The summed E-state index contributed by atoms with van der Waals surface area (Å²) < 4.78 is 10.9. The van der Waals surface area contributed by atoms with Gasteiger partial charge in [0.2, 0.25) is 11.8 Å². The molecule has 8 nitrogen and oxygen atoms in total. The highest BCUT2D eigenvalue weighted by atomic mass is 16.5. The number of aliphatic hydroxyl groups is 1. The van der Waals surface area contributed by atoms with Crippen molar-refractivity contribution in [3.8, 4) is 0 Å². The molecule has 8 heteroatoms. The Morgan fingerprint density at radius 1 is 1.21 bits per heavy atom. The van der Waals surface area contributed by atoms with Crippen molar-refractivity contribution in [1.29, 1.82) is 0 Å². The van der Waals surface area contributed by atoms with Gasteiger partial charge in [-0.15, -0.1) is 0 Å². The van der Waals surface area contributed by atoms with Gasteiger partial charge in [0.25, 0.3) is 5.95 Å². The summed E-state index contributed by atoms with van der Waals surface area (Å²) in [6.07, 6.45) is 6.88. The molecule has 2 atom stereocenters. The lowest BCUT2D eigenvalue weighted by molar-refractivity contribution is -0.136. The molecule has 5 rings (SSSR count). The van der Waals surface area contributed by atoms with Crippen LogP contribution < -0.4 is 5.32 Å². The van der Waals surface area contributed by atoms with E-state index in [4.69, 9.17) is 9.26 Å². The zero-order valence-corrected chi connectivity index (χ0v) is 16.3. The van der Waals surface area contributed by atoms with Crippen molar-refractivity contribution < 1.29 is 19.2 Å². The smallest absolute Gasteiger partial charge is 0.263 e. The second kappa shape index (κ2) is 7.30. The summed E-state index contributed by atoms with van der Waals surface area (Å²) in [6, 6.07) is 0.298. The van der Waals surface area contributed by atoms with E-state index < -0.39 is 0 Å². The van der Waals surface area contributed by atoms with Crippen LogP contribution in [0.25, 0.3) is 0 Å². The normalized spacial score (nSPS) is 35.6. The number of hydrogen-bond acceptors (Lipinski definition) is 7. The lowest BCUT2D eigenvalue weighted by Crippen LogP contribution is -2.44. The maximum atomic E-state index is 13.1. The third-order valence-corrected chi connectivity index (χ3v) is 7.22. The number of anilines is 1. The van der Waals surface area contributed by atoms with Crippen LogP contribution in [0.15, 0.2) is 4.52 Å². The highest BCUT2D eigenvalue weighted by Gasteiger charge is 2.50. The van der Waals surface area contributed by atoms with Gasteiger partial charge >= 0.3 is 0 Å². The van der Waals surface area contributed by atoms with Gasteiger partial charge in [-0.2, -0.15) is 4.98 Å². The van der Waals surface area contributed by atoms with E-state index in [1.165, 1.54) is 0 Å². The van der Waals surface area contributed by atoms with Crippen LogP contribution in [0.5, 0.6) is 0 Å². The molecule has 0 bridgehead atoms. The number of nitrogens with one attached hydrogen (secondary N) is 1. The van der Waals surface area contributed by atoms with E-state index in [0.29, 0.717) is 37.0 Å². The summed E-state index contributed by atoms with van der Waals surface area (Å²) in [5, 5.41) is 17.3. The predicted molar refractivity (Wildman–Crippen MR) is 101 cm³/mol. The minimum absolute atomic E-state index is 0.0853. The molecule has 3 heterocycles. The fraction of sp³-hybridized carbons (Fsp3) is 0.850. The first kappa shape index (κ1) is 18.4. The molecule has 1 aromatic heterocycles. The molecule has 2 saturated heterocycles. The molecule has 0 aromatic carbocycles. The molecule has 2 aliphatic carbocycles. The molecule has 2 saturated carbocycles. The van der Waals surface area contributed by atoms with Gasteiger partial charge in [-0.1, -0.05) is 0 Å². The Hall–Kier alpha value is -1.67. The third kappa shape index (κ3) is 3.41. The Balaban J connectivity index is 1.14. The maximum Gasteiger partial charge on any atom is 0.263 e. The number of amides is 1. The second-order valence-electron chi connectivity index (χ2n) is 9.20. The predicted octanol–water partition coefficient (Wildman–Crippen LogP) is 1.78. The Morgan fingerprint density at radius 2 is 2.04 bits per heavy atom. The zero-order valence-electron chi connectivity index (χ0n) is 16.3. The van der Waals surface area contributed by atoms with Crippen molar-refractivity contribution in [2.75, 3.05) is 38.2 Å². The minimum atomic E-state index is -0.245. The van der Waals surface area contributed by atoms with Crippen LogP contribution in [-0.2, 0) is 9.53 Å². The second-order valence-corrected chi connectivity index (χ2v) is 9.20. The Morgan fingerprint density at radius 3 is 2.75 bits per heavy atom. The molecule has 1 amide bonds. The van der Waals surface area contributed by atoms with Crippen LogP contribution in [0.4, 0.5) is 5.95 Å². The molecule has 28 heavy (non-hydrogen) atoms. The summed E-state index contributed by atoms with van der Waals surface area (Å²) in [5.41, 5.74) is -0.245. The SMILES string of the molecule is O=C(C1CCC(Nc2noc(C3CC3)n2)CC1)N1C[C@@H]2CCOC[C@]2(CO)C1. The van der Waals surface area contributed by atoms with E-state index in [1.54, 1.807) is 0 Å². The Labute approximate surface area is 165 Å². The number of rotatable bonds is 5. The van der Waals surface area contributed by atoms with Crippen molar-refractivity contribution in [3.63, 3.8) is 0 Å². The monoisotopic (exact) mass is 390 g/mol. The van der Waals surface area contributed by atoms with Gasteiger partial charge in [-0.3, -0.25) is 4.79 Å². The molecule has 4 fully saturated rings. The number of aromatic nitrogens is 2. The lowest BCUT2D eigenvalue weighted by Gasteiger charge is -2.36. The zero-order chi connectivity index (χ0) is 19.1. The van der Waals surface area contributed by atoms with Gasteiger partial charge in [-0.25, -0.2) is 0 Å². The van der Waals surface area contributed by atoms with E-state index >= 15 is 0 Å². The van der Waals surface area contributed by atoms with Crippen LogP contribution in [0.3, 0.4) is 0 Å². The van der Waals surface area contributed by atoms with E-state index in [-0.39, 0.29) is 23.8 Å². The number of carbonyl (C=O) groups is 1. The highest BCUT2D eigenvalue weighted by Crippen LogP contribution is 2.42. The van der Waals surface area contributed by atoms with E-state index in [2.05, 4.69) is 15.5 Å². The van der Waals surface area contributed by atoms with E-state index in [9.17, 15) is 9.90 Å². The molecule has 154 valence electrons.